The van der Waals surface area contributed by atoms with E-state index in [2.05, 4.69) is 34.8 Å². The fraction of sp³-hybridized carbons (Fsp3) is 0.900. The largest absolute Gasteiger partial charge is 0.378 e. The molecule has 0 aromatic carbocycles. The number of nitrogens with one attached hydrogen (secondary N) is 3. The number of amides is 1. The zero-order chi connectivity index (χ0) is 19.0. The lowest BCUT2D eigenvalue weighted by atomic mass is 9.55. The van der Waals surface area contributed by atoms with E-state index >= 15 is 0 Å². The summed E-state index contributed by atoms with van der Waals surface area (Å²) in [5.74, 6) is 0.955. The topological polar surface area (TPSA) is 74.8 Å². The summed E-state index contributed by atoms with van der Waals surface area (Å²) >= 11 is 0. The van der Waals surface area contributed by atoms with Crippen molar-refractivity contribution in [3.8, 4) is 0 Å². The summed E-state index contributed by atoms with van der Waals surface area (Å²) in [6, 6.07) is 0.433. The monoisotopic (exact) mass is 494 g/mol. The first-order chi connectivity index (χ1) is 12.5. The van der Waals surface area contributed by atoms with Gasteiger partial charge in [0.1, 0.15) is 0 Å². The molecular formula is C20H39IN4O2. The van der Waals surface area contributed by atoms with Gasteiger partial charge >= 0.3 is 0 Å². The molecule has 6 nitrogen and oxygen atoms in total. The second-order valence-corrected chi connectivity index (χ2v) is 7.88. The predicted molar refractivity (Wildman–Crippen MR) is 122 cm³/mol. The van der Waals surface area contributed by atoms with Crippen LogP contribution in [0.25, 0.3) is 0 Å². The van der Waals surface area contributed by atoms with E-state index in [-0.39, 0.29) is 41.2 Å². The maximum atomic E-state index is 11.6. The molecule has 0 heterocycles. The van der Waals surface area contributed by atoms with Gasteiger partial charge < -0.3 is 20.7 Å². The maximum Gasteiger partial charge on any atom is 0.222 e. The Morgan fingerprint density at radius 1 is 1.19 bits per heavy atom. The van der Waals surface area contributed by atoms with E-state index in [4.69, 9.17) is 4.74 Å². The van der Waals surface area contributed by atoms with Crippen LogP contribution in [0, 0.1) is 11.3 Å². The van der Waals surface area contributed by atoms with E-state index in [0.717, 1.165) is 25.5 Å². The highest BCUT2D eigenvalue weighted by Crippen LogP contribution is 2.53. The van der Waals surface area contributed by atoms with Crippen LogP contribution in [-0.2, 0) is 9.53 Å². The van der Waals surface area contributed by atoms with Gasteiger partial charge in [0.15, 0.2) is 5.96 Å². The number of nitrogens with zero attached hydrogens (tertiary/aromatic N) is 1. The fourth-order valence-electron chi connectivity index (χ4n) is 4.30. The summed E-state index contributed by atoms with van der Waals surface area (Å²) < 4.78 is 6.04. The second-order valence-electron chi connectivity index (χ2n) is 7.88. The highest BCUT2D eigenvalue weighted by molar-refractivity contribution is 14.0. The molecule has 1 amide bonds. The molecule has 2 fully saturated rings. The zero-order valence-corrected chi connectivity index (χ0v) is 19.8. The van der Waals surface area contributed by atoms with Crippen LogP contribution in [0.3, 0.4) is 0 Å². The molecule has 7 heteroatoms. The van der Waals surface area contributed by atoms with Crippen molar-refractivity contribution in [2.45, 2.75) is 78.4 Å². The SMILES string of the molecule is CCNC(=NCCNC(=O)C(C)C)NC1CC(OCC)C12CCCCC2.I. The molecule has 0 aromatic rings. The van der Waals surface area contributed by atoms with Crippen molar-refractivity contribution in [2.75, 3.05) is 26.2 Å². The number of halogens is 1. The number of hydrogen-bond acceptors (Lipinski definition) is 3. The normalized spacial score (nSPS) is 24.1. The minimum absolute atomic E-state index is 0. The molecule has 0 bridgehead atoms. The number of carbonyl (C=O) groups excluding carboxylic acids is 1. The van der Waals surface area contributed by atoms with Gasteiger partial charge in [-0.1, -0.05) is 33.1 Å². The van der Waals surface area contributed by atoms with Crippen LogP contribution < -0.4 is 16.0 Å². The first kappa shape index (κ1) is 24.5. The maximum absolute atomic E-state index is 11.6. The van der Waals surface area contributed by atoms with E-state index < -0.39 is 0 Å². The van der Waals surface area contributed by atoms with Crippen LogP contribution in [0.15, 0.2) is 4.99 Å². The van der Waals surface area contributed by atoms with Gasteiger partial charge in [0.25, 0.3) is 0 Å². The summed E-state index contributed by atoms with van der Waals surface area (Å²) in [6.07, 6.45) is 7.89. The average Bonchev–Trinajstić information content (AvgIpc) is 2.64. The molecule has 0 radical (unpaired) electrons. The van der Waals surface area contributed by atoms with Crippen LogP contribution in [0.5, 0.6) is 0 Å². The molecular weight excluding hydrogens is 455 g/mol. The molecule has 2 rings (SSSR count). The summed E-state index contributed by atoms with van der Waals surface area (Å²) in [5.41, 5.74) is 0.274. The van der Waals surface area contributed by atoms with Gasteiger partial charge in [-0.2, -0.15) is 0 Å². The molecule has 27 heavy (non-hydrogen) atoms. The number of ether oxygens (including phenoxy) is 1. The third-order valence-corrected chi connectivity index (χ3v) is 5.80. The Morgan fingerprint density at radius 3 is 2.48 bits per heavy atom. The summed E-state index contributed by atoms with van der Waals surface area (Å²) in [7, 11) is 0. The van der Waals surface area contributed by atoms with Crippen molar-refractivity contribution in [2.24, 2.45) is 16.3 Å². The molecule has 1 spiro atoms. The molecule has 0 aliphatic heterocycles. The van der Waals surface area contributed by atoms with Gasteiger partial charge in [0.05, 0.1) is 12.6 Å². The van der Waals surface area contributed by atoms with Crippen LogP contribution in [0.4, 0.5) is 0 Å². The standard InChI is InChI=1S/C20H38N4O2.HI/c1-5-21-19(23-13-12-22-18(25)15(3)4)24-16-14-17(26-6-2)20(16)10-8-7-9-11-20;/h15-17H,5-14H2,1-4H3,(H,22,25)(H2,21,23,24);1H. The summed E-state index contributed by atoms with van der Waals surface area (Å²) in [5, 5.41) is 9.93. The summed E-state index contributed by atoms with van der Waals surface area (Å²) in [6.45, 7) is 10.8. The lowest BCUT2D eigenvalue weighted by Gasteiger charge is -2.58. The fourth-order valence-corrected chi connectivity index (χ4v) is 4.30. The zero-order valence-electron chi connectivity index (χ0n) is 17.5. The Bertz CT molecular complexity index is 479. The third-order valence-electron chi connectivity index (χ3n) is 5.80. The number of aliphatic imine (C=N–C) groups is 1. The minimum Gasteiger partial charge on any atom is -0.378 e. The highest BCUT2D eigenvalue weighted by atomic mass is 127. The Morgan fingerprint density at radius 2 is 1.89 bits per heavy atom. The van der Waals surface area contributed by atoms with Crippen molar-refractivity contribution < 1.29 is 9.53 Å². The molecule has 2 atom stereocenters. The first-order valence-electron chi connectivity index (χ1n) is 10.5. The van der Waals surface area contributed by atoms with Crippen molar-refractivity contribution in [3.63, 3.8) is 0 Å². The molecule has 2 aliphatic carbocycles. The summed E-state index contributed by atoms with van der Waals surface area (Å²) in [4.78, 5) is 16.3. The lowest BCUT2D eigenvalue weighted by molar-refractivity contribution is -0.145. The predicted octanol–water partition coefficient (Wildman–Crippen LogP) is 3.06. The molecule has 2 unspecified atom stereocenters. The molecule has 0 saturated heterocycles. The van der Waals surface area contributed by atoms with E-state index in [1.54, 1.807) is 0 Å². The van der Waals surface area contributed by atoms with Gasteiger partial charge in [0, 0.05) is 37.1 Å². The van der Waals surface area contributed by atoms with Crippen LogP contribution in [0.2, 0.25) is 0 Å². The van der Waals surface area contributed by atoms with Crippen LogP contribution in [-0.4, -0.2) is 50.3 Å². The average molecular weight is 494 g/mol. The van der Waals surface area contributed by atoms with Gasteiger partial charge in [-0.15, -0.1) is 24.0 Å². The number of guanidine groups is 1. The number of carbonyl (C=O) groups is 1. The highest BCUT2D eigenvalue weighted by Gasteiger charge is 2.55. The van der Waals surface area contributed by atoms with E-state index in [0.29, 0.717) is 25.2 Å². The van der Waals surface area contributed by atoms with Crippen molar-refractivity contribution in [1.82, 2.24) is 16.0 Å². The van der Waals surface area contributed by atoms with Gasteiger partial charge in [0.2, 0.25) is 5.91 Å². The Kier molecular flexibility index (Phi) is 11.0. The van der Waals surface area contributed by atoms with E-state index in [1.165, 1.54) is 32.1 Å². The first-order valence-corrected chi connectivity index (χ1v) is 10.5. The van der Waals surface area contributed by atoms with Crippen LogP contribution >= 0.6 is 24.0 Å². The molecule has 0 aromatic heterocycles. The van der Waals surface area contributed by atoms with E-state index in [9.17, 15) is 4.79 Å². The third kappa shape index (κ3) is 6.48. The van der Waals surface area contributed by atoms with Crippen molar-refractivity contribution in [3.05, 3.63) is 0 Å². The van der Waals surface area contributed by atoms with Gasteiger partial charge in [-0.25, -0.2) is 0 Å². The van der Waals surface area contributed by atoms with Crippen molar-refractivity contribution >= 4 is 35.8 Å². The Balaban J connectivity index is 0.00000364. The number of hydrogen-bond donors (Lipinski definition) is 3. The van der Waals surface area contributed by atoms with Crippen LogP contribution in [0.1, 0.15) is 66.2 Å². The van der Waals surface area contributed by atoms with Gasteiger partial charge in [-0.3, -0.25) is 9.79 Å². The smallest absolute Gasteiger partial charge is 0.222 e. The number of rotatable bonds is 8. The minimum atomic E-state index is 0. The van der Waals surface area contributed by atoms with E-state index in [1.807, 2.05) is 13.8 Å². The second kappa shape index (κ2) is 12.1. The lowest BCUT2D eigenvalue weighted by Crippen LogP contribution is -2.66. The van der Waals surface area contributed by atoms with Gasteiger partial charge in [-0.05, 0) is 33.1 Å². The molecule has 3 N–H and O–H groups in total. The molecule has 2 aliphatic rings. The quantitative estimate of drug-likeness (QED) is 0.210. The molecule has 158 valence electrons. The Labute approximate surface area is 182 Å². The molecule has 2 saturated carbocycles. The van der Waals surface area contributed by atoms with Crippen molar-refractivity contribution in [1.29, 1.82) is 0 Å². The Hall–Kier alpha value is -0.570.